The number of ether oxygens (including phenoxy) is 1. The molecule has 90 valence electrons. The van der Waals surface area contributed by atoms with Crippen LogP contribution in [-0.2, 0) is 17.6 Å². The van der Waals surface area contributed by atoms with Crippen molar-refractivity contribution in [3.8, 4) is 0 Å². The minimum Gasteiger partial charge on any atom is -0.378 e. The fraction of sp³-hybridized carbons (Fsp3) is 0.750. The zero-order valence-corrected chi connectivity index (χ0v) is 10.8. The molecule has 0 saturated carbocycles. The van der Waals surface area contributed by atoms with Crippen LogP contribution in [0.3, 0.4) is 0 Å². The van der Waals surface area contributed by atoms with Gasteiger partial charge < -0.3 is 10.1 Å². The van der Waals surface area contributed by atoms with Gasteiger partial charge in [0.15, 0.2) is 0 Å². The summed E-state index contributed by atoms with van der Waals surface area (Å²) in [7, 11) is 2.00. The largest absolute Gasteiger partial charge is 0.378 e. The topological polar surface area (TPSA) is 34.2 Å². The molecule has 2 unspecified atom stereocenters. The standard InChI is InChI=1S/C12H20N2OS/c1-9(13-2)6-11-8-14-12(16-11)7-10-4-3-5-15-10/h8-10,13H,3-7H2,1-2H3. The molecular formula is C12H20N2OS. The van der Waals surface area contributed by atoms with Gasteiger partial charge in [0.25, 0.3) is 0 Å². The summed E-state index contributed by atoms with van der Waals surface area (Å²) in [5.74, 6) is 0. The van der Waals surface area contributed by atoms with Crippen molar-refractivity contribution in [1.82, 2.24) is 10.3 Å². The average molecular weight is 240 g/mol. The van der Waals surface area contributed by atoms with E-state index in [0.717, 1.165) is 19.4 Å². The molecule has 2 heterocycles. The highest BCUT2D eigenvalue weighted by molar-refractivity contribution is 7.11. The van der Waals surface area contributed by atoms with E-state index >= 15 is 0 Å². The van der Waals surface area contributed by atoms with Crippen LogP contribution in [-0.4, -0.2) is 30.8 Å². The highest BCUT2D eigenvalue weighted by atomic mass is 32.1. The third kappa shape index (κ3) is 3.27. The Hall–Kier alpha value is -0.450. The molecule has 0 bridgehead atoms. The van der Waals surface area contributed by atoms with Gasteiger partial charge in [0.2, 0.25) is 0 Å². The van der Waals surface area contributed by atoms with Gasteiger partial charge in [0, 0.05) is 30.1 Å². The van der Waals surface area contributed by atoms with Gasteiger partial charge in [-0.3, -0.25) is 0 Å². The highest BCUT2D eigenvalue weighted by Gasteiger charge is 2.17. The summed E-state index contributed by atoms with van der Waals surface area (Å²) >= 11 is 1.83. The van der Waals surface area contributed by atoms with Crippen molar-refractivity contribution in [3.05, 3.63) is 16.1 Å². The first-order valence-electron chi connectivity index (χ1n) is 6.00. The van der Waals surface area contributed by atoms with Crippen LogP contribution in [0.15, 0.2) is 6.20 Å². The molecule has 2 atom stereocenters. The van der Waals surface area contributed by atoms with Gasteiger partial charge in [-0.15, -0.1) is 11.3 Å². The molecule has 1 N–H and O–H groups in total. The number of nitrogens with one attached hydrogen (secondary N) is 1. The minimum absolute atomic E-state index is 0.417. The molecule has 2 rings (SSSR count). The monoisotopic (exact) mass is 240 g/mol. The zero-order chi connectivity index (χ0) is 11.4. The first-order valence-corrected chi connectivity index (χ1v) is 6.82. The fourth-order valence-corrected chi connectivity index (χ4v) is 3.06. The van der Waals surface area contributed by atoms with Crippen LogP contribution in [0.25, 0.3) is 0 Å². The Balaban J connectivity index is 1.86. The van der Waals surface area contributed by atoms with Crippen LogP contribution in [0.2, 0.25) is 0 Å². The Labute approximate surface area is 101 Å². The Kier molecular flexibility index (Phi) is 4.32. The number of hydrogen-bond acceptors (Lipinski definition) is 4. The van der Waals surface area contributed by atoms with Gasteiger partial charge in [-0.05, 0) is 33.2 Å². The Morgan fingerprint density at radius 3 is 3.25 bits per heavy atom. The SMILES string of the molecule is CNC(C)Cc1cnc(CC2CCCO2)s1. The highest BCUT2D eigenvalue weighted by Crippen LogP contribution is 2.21. The summed E-state index contributed by atoms with van der Waals surface area (Å²) in [4.78, 5) is 5.85. The van der Waals surface area contributed by atoms with Gasteiger partial charge in [-0.2, -0.15) is 0 Å². The molecule has 1 aliphatic heterocycles. The number of nitrogens with zero attached hydrogens (tertiary/aromatic N) is 1. The van der Waals surface area contributed by atoms with Gasteiger partial charge in [-0.25, -0.2) is 4.98 Å². The van der Waals surface area contributed by atoms with Crippen LogP contribution >= 0.6 is 11.3 Å². The van der Waals surface area contributed by atoms with E-state index in [1.54, 1.807) is 0 Å². The molecular weight excluding hydrogens is 220 g/mol. The van der Waals surface area contributed by atoms with Crippen LogP contribution in [0, 0.1) is 0 Å². The van der Waals surface area contributed by atoms with E-state index in [2.05, 4.69) is 17.2 Å². The van der Waals surface area contributed by atoms with E-state index in [0.29, 0.717) is 12.1 Å². The lowest BCUT2D eigenvalue weighted by atomic mass is 10.2. The van der Waals surface area contributed by atoms with Crippen molar-refractivity contribution in [2.24, 2.45) is 0 Å². The van der Waals surface area contributed by atoms with E-state index in [-0.39, 0.29) is 0 Å². The zero-order valence-electron chi connectivity index (χ0n) is 10.0. The second-order valence-electron chi connectivity index (χ2n) is 4.45. The van der Waals surface area contributed by atoms with Crippen molar-refractivity contribution in [3.63, 3.8) is 0 Å². The Bertz CT molecular complexity index is 321. The maximum atomic E-state index is 5.62. The maximum absolute atomic E-state index is 5.62. The number of aromatic nitrogens is 1. The van der Waals surface area contributed by atoms with Gasteiger partial charge in [0.1, 0.15) is 0 Å². The third-order valence-electron chi connectivity index (χ3n) is 3.03. The summed E-state index contributed by atoms with van der Waals surface area (Å²) < 4.78 is 5.62. The van der Waals surface area contributed by atoms with Crippen molar-refractivity contribution in [1.29, 1.82) is 0 Å². The first kappa shape index (κ1) is 12.0. The number of likely N-dealkylation sites (N-methyl/N-ethyl adjacent to an activating group) is 1. The number of rotatable bonds is 5. The molecule has 0 amide bonds. The second kappa shape index (κ2) is 5.75. The van der Waals surface area contributed by atoms with Crippen molar-refractivity contribution in [2.75, 3.05) is 13.7 Å². The van der Waals surface area contributed by atoms with E-state index in [4.69, 9.17) is 4.74 Å². The Morgan fingerprint density at radius 1 is 1.69 bits per heavy atom. The minimum atomic E-state index is 0.417. The molecule has 0 aromatic carbocycles. The maximum Gasteiger partial charge on any atom is 0.0953 e. The Morgan fingerprint density at radius 2 is 2.56 bits per heavy atom. The summed E-state index contributed by atoms with van der Waals surface area (Å²) in [6.45, 7) is 3.12. The van der Waals surface area contributed by atoms with Gasteiger partial charge >= 0.3 is 0 Å². The third-order valence-corrected chi connectivity index (χ3v) is 4.07. The predicted molar refractivity (Wildman–Crippen MR) is 67.0 cm³/mol. The lowest BCUT2D eigenvalue weighted by Gasteiger charge is -2.07. The van der Waals surface area contributed by atoms with E-state index in [9.17, 15) is 0 Å². The van der Waals surface area contributed by atoms with Crippen molar-refractivity contribution in [2.45, 2.75) is 44.8 Å². The molecule has 4 heteroatoms. The number of hydrogen-bond donors (Lipinski definition) is 1. The summed E-state index contributed by atoms with van der Waals surface area (Å²) in [6.07, 6.45) is 6.91. The quantitative estimate of drug-likeness (QED) is 0.855. The van der Waals surface area contributed by atoms with E-state index in [1.165, 1.54) is 22.7 Å². The van der Waals surface area contributed by atoms with Crippen LogP contribution in [0.5, 0.6) is 0 Å². The molecule has 1 aromatic heterocycles. The lowest BCUT2D eigenvalue weighted by molar-refractivity contribution is 0.111. The lowest BCUT2D eigenvalue weighted by Crippen LogP contribution is -2.22. The molecule has 0 radical (unpaired) electrons. The predicted octanol–water partition coefficient (Wildman–Crippen LogP) is 2.01. The molecule has 1 fully saturated rings. The summed E-state index contributed by atoms with van der Waals surface area (Å²) in [5, 5.41) is 4.48. The average Bonchev–Trinajstić information content (AvgIpc) is 2.91. The van der Waals surface area contributed by atoms with Gasteiger partial charge in [0.05, 0.1) is 11.1 Å². The molecule has 1 saturated heterocycles. The van der Waals surface area contributed by atoms with Crippen molar-refractivity contribution >= 4 is 11.3 Å². The van der Waals surface area contributed by atoms with Gasteiger partial charge in [-0.1, -0.05) is 0 Å². The fourth-order valence-electron chi connectivity index (χ4n) is 1.94. The summed E-state index contributed by atoms with van der Waals surface area (Å²) in [5.41, 5.74) is 0. The normalized spacial score (nSPS) is 22.5. The first-order chi connectivity index (χ1) is 7.78. The number of thiazole rings is 1. The van der Waals surface area contributed by atoms with Crippen LogP contribution < -0.4 is 5.32 Å². The molecule has 0 spiro atoms. The molecule has 1 aliphatic rings. The molecule has 0 aliphatic carbocycles. The second-order valence-corrected chi connectivity index (χ2v) is 5.65. The van der Waals surface area contributed by atoms with Crippen LogP contribution in [0.4, 0.5) is 0 Å². The van der Waals surface area contributed by atoms with Crippen LogP contribution in [0.1, 0.15) is 29.7 Å². The van der Waals surface area contributed by atoms with Crippen molar-refractivity contribution < 1.29 is 4.74 Å². The summed E-state index contributed by atoms with van der Waals surface area (Å²) in [6, 6.07) is 0.524. The molecule has 16 heavy (non-hydrogen) atoms. The smallest absolute Gasteiger partial charge is 0.0953 e. The van der Waals surface area contributed by atoms with E-state index in [1.807, 2.05) is 24.6 Å². The molecule has 1 aromatic rings. The van der Waals surface area contributed by atoms with E-state index < -0.39 is 0 Å². The molecule has 3 nitrogen and oxygen atoms in total.